The van der Waals surface area contributed by atoms with E-state index in [0.29, 0.717) is 30.4 Å². The summed E-state index contributed by atoms with van der Waals surface area (Å²) in [5.41, 5.74) is 0. The number of aliphatic hydroxyl groups excluding tert-OH is 1. The second-order valence-corrected chi connectivity index (χ2v) is 6.31. The van der Waals surface area contributed by atoms with E-state index in [1.165, 1.54) is 0 Å². The molecule has 4 nitrogen and oxygen atoms in total. The van der Waals surface area contributed by atoms with E-state index >= 15 is 0 Å². The van der Waals surface area contributed by atoms with Gasteiger partial charge in [-0.3, -0.25) is 0 Å². The molecule has 0 spiro atoms. The van der Waals surface area contributed by atoms with Crippen LogP contribution in [0.5, 0.6) is 0 Å². The molecule has 1 aliphatic rings. The van der Waals surface area contributed by atoms with Crippen molar-refractivity contribution in [2.75, 3.05) is 18.1 Å². The second kappa shape index (κ2) is 5.09. The molecule has 84 valence electrons. The van der Waals surface area contributed by atoms with E-state index in [-0.39, 0.29) is 12.6 Å². The van der Waals surface area contributed by atoms with Gasteiger partial charge in [0.15, 0.2) is 0 Å². The quantitative estimate of drug-likeness (QED) is 0.697. The first-order chi connectivity index (χ1) is 6.53. The van der Waals surface area contributed by atoms with Gasteiger partial charge in [0, 0.05) is 18.7 Å². The summed E-state index contributed by atoms with van der Waals surface area (Å²) in [5, 5.41) is 12.0. The molecular formula is C9H19NO3S. The van der Waals surface area contributed by atoms with Crippen molar-refractivity contribution in [1.29, 1.82) is 0 Å². The van der Waals surface area contributed by atoms with Crippen LogP contribution in [0.2, 0.25) is 0 Å². The van der Waals surface area contributed by atoms with Gasteiger partial charge in [-0.2, -0.15) is 0 Å². The van der Waals surface area contributed by atoms with Gasteiger partial charge < -0.3 is 10.4 Å². The zero-order valence-corrected chi connectivity index (χ0v) is 9.39. The summed E-state index contributed by atoms with van der Waals surface area (Å²) in [7, 11) is -2.75. The third-order valence-electron chi connectivity index (χ3n) is 2.64. The number of sulfone groups is 1. The zero-order valence-electron chi connectivity index (χ0n) is 8.57. The van der Waals surface area contributed by atoms with E-state index in [4.69, 9.17) is 5.11 Å². The van der Waals surface area contributed by atoms with Crippen LogP contribution >= 0.6 is 0 Å². The average molecular weight is 221 g/mol. The van der Waals surface area contributed by atoms with Crippen LogP contribution < -0.4 is 5.32 Å². The Morgan fingerprint density at radius 2 is 2.00 bits per heavy atom. The summed E-state index contributed by atoms with van der Waals surface area (Å²) >= 11 is 0. The molecule has 14 heavy (non-hydrogen) atoms. The van der Waals surface area contributed by atoms with Gasteiger partial charge in [0.05, 0.1) is 11.5 Å². The second-order valence-electron chi connectivity index (χ2n) is 4.01. The van der Waals surface area contributed by atoms with Crippen molar-refractivity contribution in [3.8, 4) is 0 Å². The molecule has 1 atom stereocenters. The molecule has 0 aromatic heterocycles. The molecule has 1 heterocycles. The Labute approximate surface area is 85.6 Å². The Morgan fingerprint density at radius 3 is 2.50 bits per heavy atom. The first kappa shape index (κ1) is 11.9. The van der Waals surface area contributed by atoms with Gasteiger partial charge in [0.1, 0.15) is 9.84 Å². The Morgan fingerprint density at radius 1 is 1.43 bits per heavy atom. The molecule has 1 aliphatic heterocycles. The Hall–Kier alpha value is -0.130. The zero-order chi connectivity index (χ0) is 10.6. The molecule has 1 fully saturated rings. The van der Waals surface area contributed by atoms with Crippen LogP contribution in [-0.4, -0.2) is 43.7 Å². The number of aliphatic hydroxyl groups is 1. The summed E-state index contributed by atoms with van der Waals surface area (Å²) in [6.45, 7) is 2.19. The van der Waals surface area contributed by atoms with Crippen LogP contribution in [-0.2, 0) is 9.84 Å². The fourth-order valence-corrected chi connectivity index (χ4v) is 3.23. The third-order valence-corrected chi connectivity index (χ3v) is 4.35. The highest BCUT2D eigenvalue weighted by Gasteiger charge is 2.23. The maximum atomic E-state index is 11.1. The van der Waals surface area contributed by atoms with Crippen molar-refractivity contribution in [3.63, 3.8) is 0 Å². The Bertz CT molecular complexity index is 249. The molecule has 0 radical (unpaired) electrons. The summed E-state index contributed by atoms with van der Waals surface area (Å²) in [4.78, 5) is 0. The lowest BCUT2D eigenvalue weighted by Gasteiger charge is -2.26. The summed E-state index contributed by atoms with van der Waals surface area (Å²) < 4.78 is 22.3. The highest BCUT2D eigenvalue weighted by atomic mass is 32.2. The van der Waals surface area contributed by atoms with Crippen molar-refractivity contribution in [2.24, 2.45) is 0 Å². The van der Waals surface area contributed by atoms with Crippen molar-refractivity contribution >= 4 is 9.84 Å². The molecular weight excluding hydrogens is 202 g/mol. The van der Waals surface area contributed by atoms with Crippen LogP contribution in [0.4, 0.5) is 0 Å². The first-order valence-electron chi connectivity index (χ1n) is 5.11. The highest BCUT2D eigenvalue weighted by Crippen LogP contribution is 2.13. The summed E-state index contributed by atoms with van der Waals surface area (Å²) in [6, 6.07) is 0.575. The molecule has 0 aromatic carbocycles. The number of rotatable bonds is 4. The molecule has 0 saturated carbocycles. The van der Waals surface area contributed by atoms with Crippen molar-refractivity contribution < 1.29 is 13.5 Å². The highest BCUT2D eigenvalue weighted by molar-refractivity contribution is 7.91. The lowest BCUT2D eigenvalue weighted by molar-refractivity contribution is 0.260. The lowest BCUT2D eigenvalue weighted by atomic mass is 10.1. The lowest BCUT2D eigenvalue weighted by Crippen LogP contribution is -2.42. The van der Waals surface area contributed by atoms with Crippen LogP contribution in [0.15, 0.2) is 0 Å². The molecule has 5 heteroatoms. The molecule has 0 bridgehead atoms. The van der Waals surface area contributed by atoms with Crippen molar-refractivity contribution in [2.45, 2.75) is 38.3 Å². The van der Waals surface area contributed by atoms with Gasteiger partial charge in [-0.15, -0.1) is 0 Å². The summed E-state index contributed by atoms with van der Waals surface area (Å²) in [6.07, 6.45) is 2.14. The fraction of sp³-hybridized carbons (Fsp3) is 1.00. The van der Waals surface area contributed by atoms with E-state index in [0.717, 1.165) is 6.42 Å². The molecule has 0 aromatic rings. The van der Waals surface area contributed by atoms with E-state index in [2.05, 4.69) is 5.32 Å². The van der Waals surface area contributed by atoms with E-state index in [9.17, 15) is 8.42 Å². The number of hydrogen-bond acceptors (Lipinski definition) is 4. The molecule has 1 rings (SSSR count). The van der Waals surface area contributed by atoms with Crippen LogP contribution in [0.1, 0.15) is 26.2 Å². The standard InChI is InChI=1S/C9H19NO3S/c1-8(2-5-11)10-9-3-6-14(12,13)7-4-9/h8-11H,2-7H2,1H3. The van der Waals surface area contributed by atoms with Gasteiger partial charge in [-0.25, -0.2) is 8.42 Å². The van der Waals surface area contributed by atoms with Gasteiger partial charge in [-0.1, -0.05) is 0 Å². The maximum absolute atomic E-state index is 11.1. The Kier molecular flexibility index (Phi) is 4.34. The minimum Gasteiger partial charge on any atom is -0.396 e. The first-order valence-corrected chi connectivity index (χ1v) is 6.93. The largest absolute Gasteiger partial charge is 0.396 e. The minimum atomic E-state index is -2.75. The smallest absolute Gasteiger partial charge is 0.150 e. The van der Waals surface area contributed by atoms with Crippen molar-refractivity contribution in [3.05, 3.63) is 0 Å². The van der Waals surface area contributed by atoms with Crippen LogP contribution in [0, 0.1) is 0 Å². The third kappa shape index (κ3) is 3.94. The number of hydrogen-bond donors (Lipinski definition) is 2. The normalized spacial score (nSPS) is 24.7. The fourth-order valence-electron chi connectivity index (χ4n) is 1.74. The number of nitrogens with one attached hydrogen (secondary N) is 1. The van der Waals surface area contributed by atoms with Gasteiger partial charge in [-0.05, 0) is 26.2 Å². The van der Waals surface area contributed by atoms with Crippen LogP contribution in [0.3, 0.4) is 0 Å². The van der Waals surface area contributed by atoms with E-state index in [1.807, 2.05) is 6.92 Å². The monoisotopic (exact) mass is 221 g/mol. The predicted octanol–water partition coefficient (Wildman–Crippen LogP) is -0.0759. The SMILES string of the molecule is CC(CCO)NC1CCS(=O)(=O)CC1. The van der Waals surface area contributed by atoms with Gasteiger partial charge in [0.25, 0.3) is 0 Å². The maximum Gasteiger partial charge on any atom is 0.150 e. The molecule has 2 N–H and O–H groups in total. The molecule has 0 amide bonds. The van der Waals surface area contributed by atoms with E-state index < -0.39 is 9.84 Å². The predicted molar refractivity (Wildman–Crippen MR) is 56.0 cm³/mol. The van der Waals surface area contributed by atoms with E-state index in [1.54, 1.807) is 0 Å². The summed E-state index contributed by atoms with van der Waals surface area (Å²) in [5.74, 6) is 0.604. The van der Waals surface area contributed by atoms with Gasteiger partial charge in [0.2, 0.25) is 0 Å². The topological polar surface area (TPSA) is 66.4 Å². The van der Waals surface area contributed by atoms with Gasteiger partial charge >= 0.3 is 0 Å². The molecule has 0 aliphatic carbocycles. The Balaban J connectivity index is 2.29. The van der Waals surface area contributed by atoms with Crippen molar-refractivity contribution in [1.82, 2.24) is 5.32 Å². The van der Waals surface area contributed by atoms with Crippen LogP contribution in [0.25, 0.3) is 0 Å². The molecule has 1 unspecified atom stereocenters. The molecule has 1 saturated heterocycles. The average Bonchev–Trinajstić information content (AvgIpc) is 2.09. The minimum absolute atomic E-state index is 0.180.